The van der Waals surface area contributed by atoms with Crippen LogP contribution in [0.3, 0.4) is 0 Å². The summed E-state index contributed by atoms with van der Waals surface area (Å²) in [7, 11) is 1.52. The van der Waals surface area contributed by atoms with Crippen molar-refractivity contribution >= 4 is 39.0 Å². The smallest absolute Gasteiger partial charge is 0.307 e. The minimum Gasteiger partial charge on any atom is -0.493 e. The molecule has 0 aliphatic heterocycles. The molecule has 162 valence electrons. The molecule has 4 rings (SSSR count). The minimum atomic E-state index is -0.456. The van der Waals surface area contributed by atoms with E-state index in [4.69, 9.17) is 13.9 Å². The lowest BCUT2D eigenvalue weighted by Gasteiger charge is -2.13. The highest BCUT2D eigenvalue weighted by atomic mass is 79.9. The van der Waals surface area contributed by atoms with Crippen LogP contribution in [0.5, 0.6) is 11.5 Å². The van der Waals surface area contributed by atoms with Crippen molar-refractivity contribution < 1.29 is 23.1 Å². The second-order valence-corrected chi connectivity index (χ2v) is 7.65. The fourth-order valence-electron chi connectivity index (χ4n) is 3.00. The normalized spacial score (nSPS) is 11.1. The van der Waals surface area contributed by atoms with Crippen LogP contribution in [0.15, 0.2) is 80.7 Å². The number of furan rings is 1. The first-order valence-electron chi connectivity index (χ1n) is 9.60. The van der Waals surface area contributed by atoms with Crippen LogP contribution < -0.4 is 14.9 Å². The van der Waals surface area contributed by atoms with Gasteiger partial charge in [0.25, 0.3) is 0 Å². The molecule has 0 aliphatic carbocycles. The van der Waals surface area contributed by atoms with Gasteiger partial charge in [0.2, 0.25) is 0 Å². The molecule has 0 spiro atoms. The summed E-state index contributed by atoms with van der Waals surface area (Å²) in [4.78, 5) is 12.3. The zero-order valence-corrected chi connectivity index (χ0v) is 18.6. The van der Waals surface area contributed by atoms with Crippen LogP contribution in [0.4, 0.5) is 4.39 Å². The Morgan fingerprint density at radius 3 is 2.69 bits per heavy atom. The Morgan fingerprint density at radius 2 is 1.94 bits per heavy atom. The summed E-state index contributed by atoms with van der Waals surface area (Å²) in [5.41, 5.74) is 4.57. The number of carbonyl (C=O) groups is 1. The van der Waals surface area contributed by atoms with Crippen molar-refractivity contribution in [3.63, 3.8) is 0 Å². The molecule has 0 aliphatic rings. The fourth-order valence-corrected chi connectivity index (χ4v) is 3.58. The maximum absolute atomic E-state index is 13.1. The molecule has 8 heteroatoms. The van der Waals surface area contributed by atoms with Gasteiger partial charge in [-0.1, -0.05) is 30.3 Å². The van der Waals surface area contributed by atoms with Crippen LogP contribution in [-0.4, -0.2) is 19.2 Å². The zero-order chi connectivity index (χ0) is 22.5. The molecule has 6 nitrogen and oxygen atoms in total. The highest BCUT2D eigenvalue weighted by Crippen LogP contribution is 2.36. The van der Waals surface area contributed by atoms with Crippen molar-refractivity contribution in [2.24, 2.45) is 5.10 Å². The Balaban J connectivity index is 1.44. The van der Waals surface area contributed by atoms with Crippen molar-refractivity contribution in [2.45, 2.75) is 6.61 Å². The van der Waals surface area contributed by atoms with E-state index in [2.05, 4.69) is 26.5 Å². The monoisotopic (exact) mass is 496 g/mol. The molecule has 1 N–H and O–H groups in total. The van der Waals surface area contributed by atoms with Gasteiger partial charge in [-0.25, -0.2) is 9.82 Å². The quantitative estimate of drug-likeness (QED) is 0.263. The van der Waals surface area contributed by atoms with E-state index in [0.29, 0.717) is 27.1 Å². The number of hydrogen-bond donors (Lipinski definition) is 1. The van der Waals surface area contributed by atoms with Gasteiger partial charge in [0.05, 0.1) is 17.8 Å². The maximum Gasteiger partial charge on any atom is 0.307 e. The second kappa shape index (κ2) is 9.65. The van der Waals surface area contributed by atoms with Gasteiger partial charge in [-0.3, -0.25) is 4.79 Å². The number of hydrogen-bond acceptors (Lipinski definition) is 5. The van der Waals surface area contributed by atoms with Gasteiger partial charge < -0.3 is 13.9 Å². The molecule has 0 saturated carbocycles. The van der Waals surface area contributed by atoms with Crippen LogP contribution in [0.1, 0.15) is 21.7 Å². The summed E-state index contributed by atoms with van der Waals surface area (Å²) in [6, 6.07) is 18.6. The van der Waals surface area contributed by atoms with Crippen LogP contribution >= 0.6 is 15.9 Å². The van der Waals surface area contributed by atoms with E-state index < -0.39 is 5.91 Å². The number of methoxy groups -OCH3 is 1. The predicted molar refractivity (Wildman–Crippen MR) is 123 cm³/mol. The molecule has 0 atom stereocenters. The Hall–Kier alpha value is -3.65. The molecule has 4 aromatic rings. The highest BCUT2D eigenvalue weighted by Gasteiger charge is 2.13. The number of nitrogens with zero attached hydrogens (tertiary/aromatic N) is 1. The lowest BCUT2D eigenvalue weighted by molar-refractivity contribution is 0.0929. The van der Waals surface area contributed by atoms with Crippen molar-refractivity contribution in [2.75, 3.05) is 7.11 Å². The van der Waals surface area contributed by atoms with Gasteiger partial charge in [0, 0.05) is 5.39 Å². The molecule has 0 radical (unpaired) electrons. The van der Waals surface area contributed by atoms with E-state index in [-0.39, 0.29) is 18.2 Å². The van der Waals surface area contributed by atoms with Gasteiger partial charge in [0.1, 0.15) is 18.0 Å². The van der Waals surface area contributed by atoms with E-state index in [9.17, 15) is 9.18 Å². The summed E-state index contributed by atoms with van der Waals surface area (Å²) in [5, 5.41) is 4.84. The lowest BCUT2D eigenvalue weighted by Crippen LogP contribution is -2.16. The van der Waals surface area contributed by atoms with Gasteiger partial charge in [-0.05, 0) is 63.5 Å². The average molecular weight is 497 g/mol. The first kappa shape index (κ1) is 21.6. The number of amides is 1. The number of ether oxygens (including phenoxy) is 2. The SMILES string of the molecule is COc1cc(/C=N/NC(=O)c2cc3ccccc3o2)cc(Br)c1OCc1ccc(F)cc1. The highest BCUT2D eigenvalue weighted by molar-refractivity contribution is 9.10. The Kier molecular flexibility index (Phi) is 6.51. The second-order valence-electron chi connectivity index (χ2n) is 6.80. The van der Waals surface area contributed by atoms with Gasteiger partial charge in [-0.15, -0.1) is 0 Å². The lowest BCUT2D eigenvalue weighted by atomic mass is 10.2. The standard InChI is InChI=1S/C24H18BrFN2O4/c1-30-21-11-16(10-19(25)23(21)31-14-15-6-8-18(26)9-7-15)13-27-28-24(29)22-12-17-4-2-3-5-20(17)32-22/h2-13H,14H2,1H3,(H,28,29)/b27-13+. The Morgan fingerprint density at radius 1 is 1.16 bits per heavy atom. The van der Waals surface area contributed by atoms with Crippen molar-refractivity contribution in [1.82, 2.24) is 5.43 Å². The number of para-hydroxylation sites is 1. The van der Waals surface area contributed by atoms with Gasteiger partial charge in [0.15, 0.2) is 17.3 Å². The summed E-state index contributed by atoms with van der Waals surface area (Å²) in [5.74, 6) is 0.393. The van der Waals surface area contributed by atoms with Crippen molar-refractivity contribution in [3.8, 4) is 11.5 Å². The van der Waals surface area contributed by atoms with Crippen LogP contribution in [-0.2, 0) is 6.61 Å². The first-order valence-corrected chi connectivity index (χ1v) is 10.4. The third-order valence-corrected chi connectivity index (χ3v) is 5.17. The molecular weight excluding hydrogens is 479 g/mol. The average Bonchev–Trinajstić information content (AvgIpc) is 3.23. The third kappa shape index (κ3) is 4.97. The fraction of sp³-hybridized carbons (Fsp3) is 0.0833. The van der Waals surface area contributed by atoms with E-state index in [1.54, 1.807) is 36.4 Å². The number of benzene rings is 3. The molecule has 32 heavy (non-hydrogen) atoms. The first-order chi connectivity index (χ1) is 15.5. The van der Waals surface area contributed by atoms with Gasteiger partial charge in [-0.2, -0.15) is 5.10 Å². The molecule has 1 heterocycles. The largest absolute Gasteiger partial charge is 0.493 e. The van der Waals surface area contributed by atoms with Crippen LogP contribution in [0, 0.1) is 5.82 Å². The van der Waals surface area contributed by atoms with Crippen LogP contribution in [0.25, 0.3) is 11.0 Å². The Labute approximate surface area is 191 Å². The molecule has 0 fully saturated rings. The molecule has 3 aromatic carbocycles. The summed E-state index contributed by atoms with van der Waals surface area (Å²) >= 11 is 3.47. The summed E-state index contributed by atoms with van der Waals surface area (Å²) in [6.45, 7) is 0.246. The third-order valence-electron chi connectivity index (χ3n) is 4.58. The maximum atomic E-state index is 13.1. The van der Waals surface area contributed by atoms with Crippen LogP contribution in [0.2, 0.25) is 0 Å². The number of carbonyl (C=O) groups excluding carboxylic acids is 1. The van der Waals surface area contributed by atoms with E-state index in [1.165, 1.54) is 25.5 Å². The molecule has 1 amide bonds. The molecule has 0 bridgehead atoms. The zero-order valence-electron chi connectivity index (χ0n) is 17.0. The minimum absolute atomic E-state index is 0.173. The van der Waals surface area contributed by atoms with E-state index in [1.807, 2.05) is 18.2 Å². The van der Waals surface area contributed by atoms with E-state index in [0.717, 1.165) is 10.9 Å². The number of fused-ring (bicyclic) bond motifs is 1. The molecule has 1 aromatic heterocycles. The van der Waals surface area contributed by atoms with E-state index >= 15 is 0 Å². The Bertz CT molecular complexity index is 1250. The molecule has 0 unspecified atom stereocenters. The summed E-state index contributed by atoms with van der Waals surface area (Å²) in [6.07, 6.45) is 1.48. The molecule has 0 saturated heterocycles. The molecular formula is C24H18BrFN2O4. The summed E-state index contributed by atoms with van der Waals surface area (Å²) < 4.78 is 30.5. The number of nitrogens with one attached hydrogen (secondary N) is 1. The topological polar surface area (TPSA) is 73.1 Å². The number of halogens is 2. The predicted octanol–water partition coefficient (Wildman–Crippen LogP) is 5.69. The number of rotatable bonds is 7. The number of hydrazone groups is 1. The van der Waals surface area contributed by atoms with Gasteiger partial charge >= 0.3 is 5.91 Å². The van der Waals surface area contributed by atoms with Crippen molar-refractivity contribution in [1.29, 1.82) is 0 Å². The van der Waals surface area contributed by atoms with Crippen molar-refractivity contribution in [3.05, 3.63) is 93.9 Å².